The van der Waals surface area contributed by atoms with Gasteiger partial charge in [-0.25, -0.2) is 0 Å². The highest BCUT2D eigenvalue weighted by Gasteiger charge is 2.24. The molecule has 0 spiro atoms. The minimum Gasteiger partial charge on any atom is -0.497 e. The van der Waals surface area contributed by atoms with Crippen molar-refractivity contribution in [2.24, 2.45) is 13.0 Å². The molecule has 0 radical (unpaired) electrons. The average molecular weight is 398 g/mol. The van der Waals surface area contributed by atoms with Crippen molar-refractivity contribution in [1.82, 2.24) is 14.4 Å². The van der Waals surface area contributed by atoms with Crippen LogP contribution in [0.3, 0.4) is 0 Å². The molecule has 1 aromatic carbocycles. The number of hydrogen-bond acceptors (Lipinski definition) is 3. The second-order valence-electron chi connectivity index (χ2n) is 8.41. The van der Waals surface area contributed by atoms with Crippen molar-refractivity contribution >= 4 is 5.91 Å². The Balaban J connectivity index is 1.44. The molecule has 0 saturated carbocycles. The van der Waals surface area contributed by atoms with Crippen molar-refractivity contribution in [1.29, 1.82) is 0 Å². The summed E-state index contributed by atoms with van der Waals surface area (Å²) >= 11 is 0. The molecule has 1 aromatic heterocycles. The minimum absolute atomic E-state index is 0.146. The number of hydrogen-bond donors (Lipinski definition) is 0. The van der Waals surface area contributed by atoms with E-state index < -0.39 is 0 Å². The fourth-order valence-corrected chi connectivity index (χ4v) is 4.22. The van der Waals surface area contributed by atoms with Crippen LogP contribution < -0.4 is 4.74 Å². The second-order valence-corrected chi connectivity index (χ2v) is 8.41. The van der Waals surface area contributed by atoms with Crippen LogP contribution in [0.4, 0.5) is 0 Å². The number of likely N-dealkylation sites (tertiary alicyclic amines) is 1. The lowest BCUT2D eigenvalue weighted by Gasteiger charge is -2.34. The van der Waals surface area contributed by atoms with Crippen molar-refractivity contribution < 1.29 is 9.53 Å². The molecule has 0 atom stereocenters. The van der Waals surface area contributed by atoms with Gasteiger partial charge in [0.15, 0.2) is 0 Å². The van der Waals surface area contributed by atoms with Gasteiger partial charge in [0.2, 0.25) is 0 Å². The van der Waals surface area contributed by atoms with E-state index in [4.69, 9.17) is 4.74 Å². The van der Waals surface area contributed by atoms with E-state index in [-0.39, 0.29) is 5.91 Å². The Bertz CT molecular complexity index is 817. The second kappa shape index (κ2) is 9.49. The van der Waals surface area contributed by atoms with E-state index in [1.807, 2.05) is 51.0 Å². The molecule has 0 N–H and O–H groups in total. The SMILES string of the molecule is COc1ccc(CCN2CCC(CN(C)C(=O)c3cc(C)n(C)c3C)CC2)cc1. The molecule has 1 aliphatic rings. The first-order valence-electron chi connectivity index (χ1n) is 10.6. The van der Waals surface area contributed by atoms with Crippen LogP contribution in [0.2, 0.25) is 0 Å². The zero-order valence-corrected chi connectivity index (χ0v) is 18.6. The van der Waals surface area contributed by atoms with Crippen LogP contribution in [0.1, 0.15) is 40.2 Å². The van der Waals surface area contributed by atoms with Crippen LogP contribution in [0.25, 0.3) is 0 Å². The van der Waals surface area contributed by atoms with Crippen LogP contribution in [0.15, 0.2) is 30.3 Å². The molecule has 1 amide bonds. The van der Waals surface area contributed by atoms with Crippen molar-refractivity contribution in [3.63, 3.8) is 0 Å². The van der Waals surface area contributed by atoms with E-state index in [2.05, 4.69) is 21.6 Å². The van der Waals surface area contributed by atoms with Crippen LogP contribution in [0, 0.1) is 19.8 Å². The van der Waals surface area contributed by atoms with Gasteiger partial charge >= 0.3 is 0 Å². The van der Waals surface area contributed by atoms with Crippen molar-refractivity contribution in [3.8, 4) is 5.75 Å². The molecule has 5 heteroatoms. The van der Waals surface area contributed by atoms with Gasteiger partial charge in [-0.15, -0.1) is 0 Å². The molecular weight excluding hydrogens is 362 g/mol. The van der Waals surface area contributed by atoms with Crippen LogP contribution >= 0.6 is 0 Å². The van der Waals surface area contributed by atoms with E-state index in [0.29, 0.717) is 5.92 Å². The van der Waals surface area contributed by atoms with E-state index in [0.717, 1.165) is 68.1 Å². The third kappa shape index (κ3) is 5.21. The molecule has 158 valence electrons. The van der Waals surface area contributed by atoms with Gasteiger partial charge in [-0.1, -0.05) is 12.1 Å². The summed E-state index contributed by atoms with van der Waals surface area (Å²) in [7, 11) is 5.66. The summed E-state index contributed by atoms with van der Waals surface area (Å²) in [6.45, 7) is 8.24. The molecule has 1 fully saturated rings. The largest absolute Gasteiger partial charge is 0.497 e. The number of aromatic nitrogens is 1. The van der Waals surface area contributed by atoms with Crippen LogP contribution in [-0.4, -0.2) is 60.6 Å². The van der Waals surface area contributed by atoms with Gasteiger partial charge in [0.1, 0.15) is 5.75 Å². The van der Waals surface area contributed by atoms with Gasteiger partial charge in [-0.05, 0) is 75.9 Å². The Morgan fingerprint density at radius 2 is 1.83 bits per heavy atom. The number of carbonyl (C=O) groups excluding carboxylic acids is 1. The molecule has 1 aliphatic heterocycles. The maximum absolute atomic E-state index is 12.9. The van der Waals surface area contributed by atoms with Gasteiger partial charge in [0.05, 0.1) is 12.7 Å². The smallest absolute Gasteiger partial charge is 0.255 e. The monoisotopic (exact) mass is 397 g/mol. The van der Waals surface area contributed by atoms with Crippen LogP contribution in [0.5, 0.6) is 5.75 Å². The molecule has 2 heterocycles. The number of benzene rings is 1. The van der Waals surface area contributed by atoms with Gasteiger partial charge in [-0.2, -0.15) is 0 Å². The standard InChI is InChI=1S/C24H35N3O2/c1-18-16-23(19(2)26(18)4)24(28)25(3)17-21-11-14-27(15-12-21)13-10-20-6-8-22(29-5)9-7-20/h6-9,16,21H,10-15,17H2,1-5H3. The Morgan fingerprint density at radius 3 is 2.38 bits per heavy atom. The number of ether oxygens (including phenoxy) is 1. The molecule has 3 rings (SSSR count). The van der Waals surface area contributed by atoms with E-state index in [9.17, 15) is 4.79 Å². The maximum atomic E-state index is 12.9. The molecule has 5 nitrogen and oxygen atoms in total. The minimum atomic E-state index is 0.146. The number of amides is 1. The fourth-order valence-electron chi connectivity index (χ4n) is 4.22. The predicted molar refractivity (Wildman–Crippen MR) is 118 cm³/mol. The zero-order valence-electron chi connectivity index (χ0n) is 18.6. The molecule has 29 heavy (non-hydrogen) atoms. The summed E-state index contributed by atoms with van der Waals surface area (Å²) in [5.41, 5.74) is 4.37. The quantitative estimate of drug-likeness (QED) is 0.715. The lowest BCUT2D eigenvalue weighted by molar-refractivity contribution is 0.0739. The number of piperidine rings is 1. The Hall–Kier alpha value is -2.27. The Morgan fingerprint density at radius 1 is 1.17 bits per heavy atom. The first-order chi connectivity index (χ1) is 13.9. The molecule has 0 unspecified atom stereocenters. The highest BCUT2D eigenvalue weighted by molar-refractivity contribution is 5.95. The lowest BCUT2D eigenvalue weighted by Crippen LogP contribution is -2.40. The van der Waals surface area contributed by atoms with Gasteiger partial charge in [0, 0.05) is 38.6 Å². The first-order valence-corrected chi connectivity index (χ1v) is 10.6. The molecular formula is C24H35N3O2. The van der Waals surface area contributed by atoms with Crippen LogP contribution in [-0.2, 0) is 13.5 Å². The molecule has 0 aliphatic carbocycles. The predicted octanol–water partition coefficient (Wildman–Crippen LogP) is 3.68. The topological polar surface area (TPSA) is 37.7 Å². The first kappa shape index (κ1) is 21.4. The number of methoxy groups -OCH3 is 1. The summed E-state index contributed by atoms with van der Waals surface area (Å²) in [5.74, 6) is 1.65. The Kier molecular flexibility index (Phi) is 7.01. The molecule has 1 saturated heterocycles. The van der Waals surface area contributed by atoms with Crippen molar-refractivity contribution in [2.45, 2.75) is 33.1 Å². The van der Waals surface area contributed by atoms with Crippen molar-refractivity contribution in [2.75, 3.05) is 40.3 Å². The lowest BCUT2D eigenvalue weighted by atomic mass is 9.95. The maximum Gasteiger partial charge on any atom is 0.255 e. The fraction of sp³-hybridized carbons (Fsp3) is 0.542. The zero-order chi connectivity index (χ0) is 21.0. The van der Waals surface area contributed by atoms with E-state index in [1.165, 1.54) is 5.56 Å². The number of aryl methyl sites for hydroxylation is 1. The summed E-state index contributed by atoms with van der Waals surface area (Å²) in [4.78, 5) is 17.3. The summed E-state index contributed by atoms with van der Waals surface area (Å²) in [6, 6.07) is 10.4. The van der Waals surface area contributed by atoms with Gasteiger partial charge < -0.3 is 19.1 Å². The normalized spacial score (nSPS) is 15.5. The average Bonchev–Trinajstić information content (AvgIpc) is 3.00. The van der Waals surface area contributed by atoms with Gasteiger partial charge in [0.25, 0.3) is 5.91 Å². The highest BCUT2D eigenvalue weighted by atomic mass is 16.5. The van der Waals surface area contributed by atoms with E-state index >= 15 is 0 Å². The van der Waals surface area contributed by atoms with Gasteiger partial charge in [-0.3, -0.25) is 4.79 Å². The molecule has 0 bridgehead atoms. The number of rotatable bonds is 7. The summed E-state index contributed by atoms with van der Waals surface area (Å²) in [6.07, 6.45) is 3.39. The number of carbonyl (C=O) groups is 1. The van der Waals surface area contributed by atoms with Crippen molar-refractivity contribution in [3.05, 3.63) is 52.8 Å². The third-order valence-electron chi connectivity index (χ3n) is 6.47. The molecule has 2 aromatic rings. The highest BCUT2D eigenvalue weighted by Crippen LogP contribution is 2.21. The summed E-state index contributed by atoms with van der Waals surface area (Å²) in [5, 5.41) is 0. The Labute approximate surface area is 175 Å². The third-order valence-corrected chi connectivity index (χ3v) is 6.47. The summed E-state index contributed by atoms with van der Waals surface area (Å²) < 4.78 is 7.31. The number of nitrogens with zero attached hydrogens (tertiary/aromatic N) is 3. The van der Waals surface area contributed by atoms with E-state index in [1.54, 1.807) is 7.11 Å².